The number of rotatable bonds is 11. The Labute approximate surface area is 127 Å². The lowest BCUT2D eigenvalue weighted by Crippen LogP contribution is -2.32. The van der Waals surface area contributed by atoms with E-state index in [-0.39, 0.29) is 11.9 Å². The number of methoxy groups -OCH3 is 2. The molecule has 1 aromatic carbocycles. The molecule has 2 N–H and O–H groups in total. The minimum Gasteiger partial charge on any atom is -0.385 e. The molecule has 0 aliphatic heterocycles. The number of nitrogens with zero attached hydrogens (tertiary/aromatic N) is 1. The topological polar surface area (TPSA) is 47.7 Å². The summed E-state index contributed by atoms with van der Waals surface area (Å²) in [5.74, 6) is -0.237. The second-order valence-electron chi connectivity index (χ2n) is 5.13. The highest BCUT2D eigenvalue weighted by atomic mass is 19.1. The van der Waals surface area contributed by atoms with E-state index in [1.54, 1.807) is 20.3 Å². The predicted molar refractivity (Wildman–Crippen MR) is 82.8 cm³/mol. The molecule has 0 saturated carbocycles. The van der Waals surface area contributed by atoms with Gasteiger partial charge in [-0.05, 0) is 30.5 Å². The molecule has 0 aliphatic rings. The van der Waals surface area contributed by atoms with Crippen LogP contribution in [0, 0.1) is 5.82 Å². The first kappa shape index (κ1) is 18.0. The van der Waals surface area contributed by atoms with Gasteiger partial charge in [0, 0.05) is 46.5 Å². The fourth-order valence-corrected chi connectivity index (χ4v) is 2.21. The standard InChI is InChI=1S/C16H27FN2O2/c1-20-11-4-8-19(10-12-21-2)9-7-16(18)14-5-3-6-15(17)13-14/h3,5-6,13,16H,4,7-12,18H2,1-2H3. The molecule has 0 amide bonds. The Morgan fingerprint density at radius 2 is 1.90 bits per heavy atom. The summed E-state index contributed by atoms with van der Waals surface area (Å²) in [6.45, 7) is 4.13. The SMILES string of the molecule is COCCCN(CCOC)CCC(N)c1cccc(F)c1. The Bertz CT molecular complexity index is 390. The maximum absolute atomic E-state index is 13.2. The van der Waals surface area contributed by atoms with Crippen LogP contribution in [0.5, 0.6) is 0 Å². The van der Waals surface area contributed by atoms with Crippen molar-refractivity contribution in [3.8, 4) is 0 Å². The van der Waals surface area contributed by atoms with E-state index < -0.39 is 0 Å². The molecule has 0 spiro atoms. The summed E-state index contributed by atoms with van der Waals surface area (Å²) >= 11 is 0. The Balaban J connectivity index is 2.42. The minimum absolute atomic E-state index is 0.145. The second-order valence-corrected chi connectivity index (χ2v) is 5.13. The molecule has 0 fully saturated rings. The Morgan fingerprint density at radius 1 is 1.14 bits per heavy atom. The summed E-state index contributed by atoms with van der Waals surface area (Å²) in [4.78, 5) is 2.31. The number of hydrogen-bond acceptors (Lipinski definition) is 4. The van der Waals surface area contributed by atoms with Gasteiger partial charge in [0.15, 0.2) is 0 Å². The fraction of sp³-hybridized carbons (Fsp3) is 0.625. The molecule has 1 unspecified atom stereocenters. The summed E-state index contributed by atoms with van der Waals surface area (Å²) in [6, 6.07) is 6.37. The van der Waals surface area contributed by atoms with Gasteiger partial charge in [-0.15, -0.1) is 0 Å². The molecular formula is C16H27FN2O2. The van der Waals surface area contributed by atoms with Gasteiger partial charge in [-0.2, -0.15) is 0 Å². The van der Waals surface area contributed by atoms with Gasteiger partial charge in [-0.1, -0.05) is 12.1 Å². The van der Waals surface area contributed by atoms with Crippen molar-refractivity contribution in [3.63, 3.8) is 0 Å². The maximum Gasteiger partial charge on any atom is 0.123 e. The Hall–Kier alpha value is -1.01. The predicted octanol–water partition coefficient (Wildman–Crippen LogP) is 2.20. The highest BCUT2D eigenvalue weighted by Gasteiger charge is 2.10. The smallest absolute Gasteiger partial charge is 0.123 e. The molecule has 1 aromatic rings. The highest BCUT2D eigenvalue weighted by Crippen LogP contribution is 2.15. The third-order valence-corrected chi connectivity index (χ3v) is 3.47. The fourth-order valence-electron chi connectivity index (χ4n) is 2.21. The van der Waals surface area contributed by atoms with Crippen molar-refractivity contribution in [1.82, 2.24) is 4.90 Å². The van der Waals surface area contributed by atoms with Crippen molar-refractivity contribution in [2.24, 2.45) is 5.73 Å². The van der Waals surface area contributed by atoms with E-state index in [1.807, 2.05) is 6.07 Å². The summed E-state index contributed by atoms with van der Waals surface area (Å²) < 4.78 is 23.4. The van der Waals surface area contributed by atoms with E-state index >= 15 is 0 Å². The molecule has 5 heteroatoms. The van der Waals surface area contributed by atoms with Crippen LogP contribution in [0.1, 0.15) is 24.4 Å². The summed E-state index contributed by atoms with van der Waals surface area (Å²) in [5, 5.41) is 0. The molecule has 1 rings (SSSR count). The van der Waals surface area contributed by atoms with Crippen molar-refractivity contribution in [3.05, 3.63) is 35.6 Å². The third-order valence-electron chi connectivity index (χ3n) is 3.47. The van der Waals surface area contributed by atoms with E-state index in [9.17, 15) is 4.39 Å². The van der Waals surface area contributed by atoms with Crippen LogP contribution in [0.15, 0.2) is 24.3 Å². The molecule has 0 saturated heterocycles. The first-order chi connectivity index (χ1) is 10.2. The molecule has 0 aliphatic carbocycles. The highest BCUT2D eigenvalue weighted by molar-refractivity contribution is 5.19. The first-order valence-corrected chi connectivity index (χ1v) is 7.38. The normalized spacial score (nSPS) is 12.8. The molecule has 120 valence electrons. The number of ether oxygens (including phenoxy) is 2. The van der Waals surface area contributed by atoms with Crippen molar-refractivity contribution in [2.45, 2.75) is 18.9 Å². The molecule has 0 aromatic heterocycles. The van der Waals surface area contributed by atoms with E-state index in [0.717, 1.165) is 44.6 Å². The van der Waals surface area contributed by atoms with Gasteiger partial charge in [-0.25, -0.2) is 4.39 Å². The van der Waals surface area contributed by atoms with Crippen LogP contribution >= 0.6 is 0 Å². The lowest BCUT2D eigenvalue weighted by molar-refractivity contribution is 0.131. The van der Waals surface area contributed by atoms with Crippen LogP contribution in [-0.2, 0) is 9.47 Å². The largest absolute Gasteiger partial charge is 0.385 e. The lowest BCUT2D eigenvalue weighted by Gasteiger charge is -2.23. The van der Waals surface area contributed by atoms with Crippen LogP contribution in [0.4, 0.5) is 4.39 Å². The molecule has 0 bridgehead atoms. The van der Waals surface area contributed by atoms with Crippen molar-refractivity contribution in [1.29, 1.82) is 0 Å². The van der Waals surface area contributed by atoms with Gasteiger partial charge in [0.05, 0.1) is 6.61 Å². The van der Waals surface area contributed by atoms with E-state index in [1.165, 1.54) is 12.1 Å². The van der Waals surface area contributed by atoms with Crippen LogP contribution in [0.25, 0.3) is 0 Å². The summed E-state index contributed by atoms with van der Waals surface area (Å²) in [6.07, 6.45) is 1.77. The van der Waals surface area contributed by atoms with Crippen LogP contribution in [0.3, 0.4) is 0 Å². The zero-order valence-corrected chi connectivity index (χ0v) is 13.1. The van der Waals surface area contributed by atoms with Gasteiger partial charge in [0.1, 0.15) is 5.82 Å². The molecule has 21 heavy (non-hydrogen) atoms. The zero-order valence-electron chi connectivity index (χ0n) is 13.1. The number of halogens is 1. The van der Waals surface area contributed by atoms with E-state index in [4.69, 9.17) is 15.2 Å². The Kier molecular flexibility index (Phi) is 9.17. The number of nitrogens with two attached hydrogens (primary N) is 1. The van der Waals surface area contributed by atoms with Gasteiger partial charge in [0.2, 0.25) is 0 Å². The zero-order chi connectivity index (χ0) is 15.5. The summed E-state index contributed by atoms with van der Waals surface area (Å²) in [7, 11) is 3.41. The lowest BCUT2D eigenvalue weighted by atomic mass is 10.0. The van der Waals surface area contributed by atoms with Crippen LogP contribution < -0.4 is 5.73 Å². The molecule has 4 nitrogen and oxygen atoms in total. The van der Waals surface area contributed by atoms with Crippen LogP contribution in [-0.4, -0.2) is 52.0 Å². The quantitative estimate of drug-likeness (QED) is 0.636. The summed E-state index contributed by atoms with van der Waals surface area (Å²) in [5.41, 5.74) is 6.99. The van der Waals surface area contributed by atoms with Gasteiger partial charge < -0.3 is 20.1 Å². The van der Waals surface area contributed by atoms with Gasteiger partial charge >= 0.3 is 0 Å². The average Bonchev–Trinajstić information content (AvgIpc) is 2.49. The molecule has 0 heterocycles. The maximum atomic E-state index is 13.2. The van der Waals surface area contributed by atoms with E-state index in [2.05, 4.69) is 4.90 Å². The molecule has 1 atom stereocenters. The third kappa shape index (κ3) is 7.52. The first-order valence-electron chi connectivity index (χ1n) is 7.38. The molecule has 0 radical (unpaired) electrons. The average molecular weight is 298 g/mol. The van der Waals surface area contributed by atoms with Gasteiger partial charge in [-0.3, -0.25) is 0 Å². The molecular weight excluding hydrogens is 271 g/mol. The van der Waals surface area contributed by atoms with Crippen molar-refractivity contribution < 1.29 is 13.9 Å². The monoisotopic (exact) mass is 298 g/mol. The number of hydrogen-bond donors (Lipinski definition) is 1. The van der Waals surface area contributed by atoms with Crippen LogP contribution in [0.2, 0.25) is 0 Å². The Morgan fingerprint density at radius 3 is 2.57 bits per heavy atom. The van der Waals surface area contributed by atoms with Crippen molar-refractivity contribution in [2.75, 3.05) is 47.1 Å². The number of benzene rings is 1. The van der Waals surface area contributed by atoms with E-state index in [0.29, 0.717) is 6.61 Å². The van der Waals surface area contributed by atoms with Crippen molar-refractivity contribution >= 4 is 0 Å². The second kappa shape index (κ2) is 10.7. The minimum atomic E-state index is -0.237. The van der Waals surface area contributed by atoms with Gasteiger partial charge in [0.25, 0.3) is 0 Å².